The van der Waals surface area contributed by atoms with Gasteiger partial charge in [-0.2, -0.15) is 0 Å². The molecule has 4 heteroatoms. The van der Waals surface area contributed by atoms with Gasteiger partial charge in [0.2, 0.25) is 0 Å². The molecule has 0 amide bonds. The Balaban J connectivity index is 1.81. The molecule has 2 rings (SSSR count). The number of aryl methyl sites for hydroxylation is 1. The number of imidazole rings is 1. The molecule has 15 heavy (non-hydrogen) atoms. The van der Waals surface area contributed by atoms with Crippen LogP contribution < -0.4 is 5.32 Å². The van der Waals surface area contributed by atoms with E-state index in [1.807, 2.05) is 10.8 Å². The van der Waals surface area contributed by atoms with E-state index in [2.05, 4.69) is 17.2 Å². The van der Waals surface area contributed by atoms with Gasteiger partial charge in [-0.25, -0.2) is 4.98 Å². The van der Waals surface area contributed by atoms with Crippen LogP contribution in [0.25, 0.3) is 0 Å². The summed E-state index contributed by atoms with van der Waals surface area (Å²) in [5.74, 6) is 1.10. The van der Waals surface area contributed by atoms with Gasteiger partial charge < -0.3 is 9.88 Å². The lowest BCUT2D eigenvalue weighted by molar-refractivity contribution is -0.117. The molecule has 1 aromatic heterocycles. The van der Waals surface area contributed by atoms with Gasteiger partial charge in [-0.05, 0) is 19.8 Å². The van der Waals surface area contributed by atoms with Crippen molar-refractivity contribution in [3.05, 3.63) is 18.2 Å². The summed E-state index contributed by atoms with van der Waals surface area (Å²) in [7, 11) is 0. The Morgan fingerprint density at radius 2 is 2.47 bits per heavy atom. The van der Waals surface area contributed by atoms with Gasteiger partial charge in [-0.15, -0.1) is 0 Å². The Labute approximate surface area is 89.7 Å². The lowest BCUT2D eigenvalue weighted by Gasteiger charge is -2.04. The van der Waals surface area contributed by atoms with Crippen molar-refractivity contribution in [1.82, 2.24) is 14.9 Å². The molecule has 1 aliphatic rings. The van der Waals surface area contributed by atoms with E-state index in [1.165, 1.54) is 12.8 Å². The van der Waals surface area contributed by atoms with Crippen molar-refractivity contribution in [3.63, 3.8) is 0 Å². The Morgan fingerprint density at radius 1 is 1.67 bits per heavy atom. The lowest BCUT2D eigenvalue weighted by Crippen LogP contribution is -2.26. The van der Waals surface area contributed by atoms with Crippen LogP contribution in [-0.2, 0) is 17.8 Å². The molecule has 4 nitrogen and oxygen atoms in total. The molecular weight excluding hydrogens is 190 g/mol. The van der Waals surface area contributed by atoms with Crippen LogP contribution in [-0.4, -0.2) is 27.9 Å². The van der Waals surface area contributed by atoms with Crippen LogP contribution in [0.3, 0.4) is 0 Å². The maximum Gasteiger partial charge on any atom is 0.154 e. The van der Waals surface area contributed by atoms with Crippen LogP contribution in [0.15, 0.2) is 12.4 Å². The topological polar surface area (TPSA) is 46.9 Å². The van der Waals surface area contributed by atoms with Crippen molar-refractivity contribution in [2.24, 2.45) is 0 Å². The van der Waals surface area contributed by atoms with Crippen LogP contribution in [0, 0.1) is 0 Å². The SMILES string of the molecule is CCn1ccnc1CC(=O)CNC1CC1. The maximum absolute atomic E-state index is 11.6. The number of carbonyl (C=O) groups is 1. The highest BCUT2D eigenvalue weighted by Crippen LogP contribution is 2.18. The van der Waals surface area contributed by atoms with Crippen molar-refractivity contribution in [2.45, 2.75) is 38.8 Å². The summed E-state index contributed by atoms with van der Waals surface area (Å²) in [5.41, 5.74) is 0. The molecule has 0 spiro atoms. The van der Waals surface area contributed by atoms with Gasteiger partial charge in [0.1, 0.15) is 5.82 Å². The van der Waals surface area contributed by atoms with E-state index < -0.39 is 0 Å². The first kappa shape index (κ1) is 10.4. The molecule has 0 aromatic carbocycles. The molecule has 1 aliphatic carbocycles. The molecule has 0 bridgehead atoms. The number of nitrogens with zero attached hydrogens (tertiary/aromatic N) is 2. The van der Waals surface area contributed by atoms with E-state index in [-0.39, 0.29) is 5.78 Å². The Hall–Kier alpha value is -1.16. The van der Waals surface area contributed by atoms with Crippen LogP contribution >= 0.6 is 0 Å². The second-order valence-corrected chi connectivity index (χ2v) is 4.00. The molecule has 1 N–H and O–H groups in total. The molecule has 1 fully saturated rings. The van der Waals surface area contributed by atoms with Gasteiger partial charge >= 0.3 is 0 Å². The fourth-order valence-corrected chi connectivity index (χ4v) is 1.58. The predicted octanol–water partition coefficient (Wildman–Crippen LogP) is 0.767. The van der Waals surface area contributed by atoms with Gasteiger partial charge in [-0.1, -0.05) is 0 Å². The number of hydrogen-bond donors (Lipinski definition) is 1. The monoisotopic (exact) mass is 207 g/mol. The summed E-state index contributed by atoms with van der Waals surface area (Å²) in [6.07, 6.45) is 6.55. The van der Waals surface area contributed by atoms with E-state index >= 15 is 0 Å². The van der Waals surface area contributed by atoms with Crippen molar-refractivity contribution in [1.29, 1.82) is 0 Å². The highest BCUT2D eigenvalue weighted by molar-refractivity contribution is 5.82. The van der Waals surface area contributed by atoms with E-state index in [9.17, 15) is 4.79 Å². The Bertz CT molecular complexity index is 341. The minimum atomic E-state index is 0.225. The molecule has 1 heterocycles. The largest absolute Gasteiger partial charge is 0.335 e. The molecule has 0 saturated heterocycles. The highest BCUT2D eigenvalue weighted by Gasteiger charge is 2.21. The van der Waals surface area contributed by atoms with E-state index in [1.54, 1.807) is 6.20 Å². The summed E-state index contributed by atoms with van der Waals surface area (Å²) in [6, 6.07) is 0.597. The van der Waals surface area contributed by atoms with Gasteiger partial charge in [0.25, 0.3) is 0 Å². The molecule has 82 valence electrons. The molecule has 0 radical (unpaired) electrons. The first-order valence-electron chi connectivity index (χ1n) is 5.54. The van der Waals surface area contributed by atoms with Crippen molar-refractivity contribution in [2.75, 3.05) is 6.54 Å². The summed E-state index contributed by atoms with van der Waals surface area (Å²) in [6.45, 7) is 3.41. The smallest absolute Gasteiger partial charge is 0.154 e. The highest BCUT2D eigenvalue weighted by atomic mass is 16.1. The zero-order valence-electron chi connectivity index (χ0n) is 9.07. The van der Waals surface area contributed by atoms with Crippen molar-refractivity contribution in [3.8, 4) is 0 Å². The molecular formula is C11H17N3O. The fraction of sp³-hybridized carbons (Fsp3) is 0.636. The standard InChI is InChI=1S/C11H17N3O/c1-2-14-6-5-12-11(14)7-10(15)8-13-9-3-4-9/h5-6,9,13H,2-4,7-8H2,1H3. The first-order valence-corrected chi connectivity index (χ1v) is 5.54. The van der Waals surface area contributed by atoms with Gasteiger partial charge in [-0.3, -0.25) is 4.79 Å². The second-order valence-electron chi connectivity index (χ2n) is 4.00. The zero-order chi connectivity index (χ0) is 10.7. The summed E-state index contributed by atoms with van der Waals surface area (Å²) in [5, 5.41) is 3.22. The third-order valence-corrected chi connectivity index (χ3v) is 2.66. The maximum atomic E-state index is 11.6. The first-order chi connectivity index (χ1) is 7.29. The summed E-state index contributed by atoms with van der Waals surface area (Å²) in [4.78, 5) is 15.8. The van der Waals surface area contributed by atoms with Gasteiger partial charge in [0, 0.05) is 25.0 Å². The average Bonchev–Trinajstić information content (AvgIpc) is 2.96. The fourth-order valence-electron chi connectivity index (χ4n) is 1.58. The minimum Gasteiger partial charge on any atom is -0.335 e. The number of aromatic nitrogens is 2. The number of carbonyl (C=O) groups excluding carboxylic acids is 1. The van der Waals surface area contributed by atoms with E-state index in [4.69, 9.17) is 0 Å². The third kappa shape index (κ3) is 2.89. The predicted molar refractivity (Wildman–Crippen MR) is 57.6 cm³/mol. The second kappa shape index (κ2) is 4.57. The Kier molecular flexibility index (Phi) is 3.16. The number of ketones is 1. The van der Waals surface area contributed by atoms with Crippen molar-refractivity contribution < 1.29 is 4.79 Å². The van der Waals surface area contributed by atoms with Crippen LogP contribution in [0.2, 0.25) is 0 Å². The quantitative estimate of drug-likeness (QED) is 0.749. The molecule has 1 saturated carbocycles. The average molecular weight is 207 g/mol. The van der Waals surface area contributed by atoms with Crippen LogP contribution in [0.4, 0.5) is 0 Å². The van der Waals surface area contributed by atoms with Crippen LogP contribution in [0.5, 0.6) is 0 Å². The molecule has 0 unspecified atom stereocenters. The molecule has 0 aliphatic heterocycles. The number of Topliss-reactive ketones (excluding diaryl/α,β-unsaturated/α-hetero) is 1. The van der Waals surface area contributed by atoms with Gasteiger partial charge in [0.15, 0.2) is 5.78 Å². The number of hydrogen-bond acceptors (Lipinski definition) is 3. The Morgan fingerprint density at radius 3 is 3.13 bits per heavy atom. The number of rotatable bonds is 6. The lowest BCUT2D eigenvalue weighted by atomic mass is 10.2. The van der Waals surface area contributed by atoms with E-state index in [0.29, 0.717) is 19.0 Å². The van der Waals surface area contributed by atoms with E-state index in [0.717, 1.165) is 12.4 Å². The van der Waals surface area contributed by atoms with Crippen LogP contribution in [0.1, 0.15) is 25.6 Å². The third-order valence-electron chi connectivity index (χ3n) is 2.66. The van der Waals surface area contributed by atoms with Gasteiger partial charge in [0.05, 0.1) is 13.0 Å². The summed E-state index contributed by atoms with van der Waals surface area (Å²) < 4.78 is 2.01. The molecule has 1 aromatic rings. The molecule has 0 atom stereocenters. The minimum absolute atomic E-state index is 0.225. The van der Waals surface area contributed by atoms with Crippen molar-refractivity contribution >= 4 is 5.78 Å². The number of nitrogens with one attached hydrogen (secondary N) is 1. The zero-order valence-corrected chi connectivity index (χ0v) is 9.07. The summed E-state index contributed by atoms with van der Waals surface area (Å²) >= 11 is 0. The normalized spacial score (nSPS) is 15.5.